The van der Waals surface area contributed by atoms with Gasteiger partial charge in [-0.25, -0.2) is 0 Å². The molecule has 0 saturated carbocycles. The first kappa shape index (κ1) is 15.2. The molecular formula is C18H19NO4. The first-order chi connectivity index (χ1) is 11.3. The van der Waals surface area contributed by atoms with Gasteiger partial charge in [-0.2, -0.15) is 0 Å². The number of hydrogen-bond acceptors (Lipinski definition) is 4. The second-order valence-electron chi connectivity index (χ2n) is 5.21. The number of fused-ring (bicyclic) bond motifs is 1. The zero-order chi connectivity index (χ0) is 15.9. The Labute approximate surface area is 135 Å². The SMILES string of the molecule is O=C(COc1ccccc1)NCc1ccc2c(c1)OCCCO2. The summed E-state index contributed by atoms with van der Waals surface area (Å²) < 4.78 is 16.6. The summed E-state index contributed by atoms with van der Waals surface area (Å²) in [6, 6.07) is 15.0. The Balaban J connectivity index is 1.50. The molecule has 0 unspecified atom stereocenters. The molecule has 1 aliphatic rings. The number of amides is 1. The fourth-order valence-electron chi connectivity index (χ4n) is 2.23. The summed E-state index contributed by atoms with van der Waals surface area (Å²) in [5.41, 5.74) is 0.960. The third-order valence-electron chi connectivity index (χ3n) is 3.41. The molecule has 23 heavy (non-hydrogen) atoms. The molecule has 2 aromatic rings. The van der Waals surface area contributed by atoms with E-state index in [1.165, 1.54) is 0 Å². The van der Waals surface area contributed by atoms with Gasteiger partial charge in [0.2, 0.25) is 0 Å². The predicted molar refractivity (Wildman–Crippen MR) is 85.8 cm³/mol. The van der Waals surface area contributed by atoms with Crippen LogP contribution in [0.4, 0.5) is 0 Å². The van der Waals surface area contributed by atoms with Gasteiger partial charge in [0.05, 0.1) is 13.2 Å². The molecule has 1 N–H and O–H groups in total. The van der Waals surface area contributed by atoms with Crippen molar-refractivity contribution in [3.05, 3.63) is 54.1 Å². The van der Waals surface area contributed by atoms with Crippen molar-refractivity contribution >= 4 is 5.91 Å². The quantitative estimate of drug-likeness (QED) is 0.921. The minimum atomic E-state index is -0.166. The fraction of sp³-hybridized carbons (Fsp3) is 0.278. The van der Waals surface area contributed by atoms with Crippen molar-refractivity contribution in [2.45, 2.75) is 13.0 Å². The standard InChI is InChI=1S/C18H19NO4/c20-18(13-23-15-5-2-1-3-6-15)19-12-14-7-8-16-17(11-14)22-10-4-9-21-16/h1-3,5-8,11H,4,9-10,12-13H2,(H,19,20). The van der Waals surface area contributed by atoms with Gasteiger partial charge in [0.15, 0.2) is 18.1 Å². The zero-order valence-corrected chi connectivity index (χ0v) is 12.8. The van der Waals surface area contributed by atoms with Gasteiger partial charge < -0.3 is 19.5 Å². The molecule has 5 nitrogen and oxygen atoms in total. The van der Waals surface area contributed by atoms with Crippen LogP contribution in [0.2, 0.25) is 0 Å². The summed E-state index contributed by atoms with van der Waals surface area (Å²) in [6.07, 6.45) is 0.873. The monoisotopic (exact) mass is 313 g/mol. The Morgan fingerprint density at radius 3 is 2.65 bits per heavy atom. The Bertz CT molecular complexity index is 657. The molecule has 0 saturated heterocycles. The van der Waals surface area contributed by atoms with Crippen LogP contribution in [0.5, 0.6) is 17.2 Å². The van der Waals surface area contributed by atoms with Crippen LogP contribution in [0.25, 0.3) is 0 Å². The highest BCUT2D eigenvalue weighted by Crippen LogP contribution is 2.30. The lowest BCUT2D eigenvalue weighted by molar-refractivity contribution is -0.123. The smallest absolute Gasteiger partial charge is 0.258 e. The molecule has 0 fully saturated rings. The van der Waals surface area contributed by atoms with Crippen molar-refractivity contribution in [3.63, 3.8) is 0 Å². The van der Waals surface area contributed by atoms with E-state index in [1.54, 1.807) is 0 Å². The topological polar surface area (TPSA) is 56.8 Å². The summed E-state index contributed by atoms with van der Waals surface area (Å²) in [5.74, 6) is 2.00. The summed E-state index contributed by atoms with van der Waals surface area (Å²) in [7, 11) is 0. The molecule has 1 aliphatic heterocycles. The van der Waals surface area contributed by atoms with Gasteiger partial charge in [0.25, 0.3) is 5.91 Å². The maximum atomic E-state index is 11.8. The van der Waals surface area contributed by atoms with Crippen LogP contribution in [0, 0.1) is 0 Å². The Hall–Kier alpha value is -2.69. The Kier molecular flexibility index (Phi) is 4.99. The van der Waals surface area contributed by atoms with Crippen LogP contribution >= 0.6 is 0 Å². The second-order valence-corrected chi connectivity index (χ2v) is 5.21. The molecular weight excluding hydrogens is 294 g/mol. The van der Waals surface area contributed by atoms with E-state index in [0.29, 0.717) is 25.5 Å². The molecule has 0 spiro atoms. The number of hydrogen-bond donors (Lipinski definition) is 1. The largest absolute Gasteiger partial charge is 0.490 e. The molecule has 5 heteroatoms. The van der Waals surface area contributed by atoms with Gasteiger partial charge in [-0.3, -0.25) is 4.79 Å². The normalized spacial score (nSPS) is 13.0. The lowest BCUT2D eigenvalue weighted by Gasteiger charge is -2.10. The van der Waals surface area contributed by atoms with Gasteiger partial charge in [0, 0.05) is 13.0 Å². The number of nitrogens with one attached hydrogen (secondary N) is 1. The van der Waals surface area contributed by atoms with E-state index in [4.69, 9.17) is 14.2 Å². The van der Waals surface area contributed by atoms with Crippen LogP contribution in [0.1, 0.15) is 12.0 Å². The van der Waals surface area contributed by atoms with Crippen molar-refractivity contribution in [2.24, 2.45) is 0 Å². The number of benzene rings is 2. The average Bonchev–Trinajstić information content (AvgIpc) is 2.84. The van der Waals surface area contributed by atoms with E-state index in [-0.39, 0.29) is 12.5 Å². The number of rotatable bonds is 5. The molecule has 1 heterocycles. The van der Waals surface area contributed by atoms with Crippen molar-refractivity contribution in [3.8, 4) is 17.2 Å². The van der Waals surface area contributed by atoms with Crippen molar-refractivity contribution in [2.75, 3.05) is 19.8 Å². The lowest BCUT2D eigenvalue weighted by atomic mass is 10.2. The fourth-order valence-corrected chi connectivity index (χ4v) is 2.23. The van der Waals surface area contributed by atoms with E-state index in [1.807, 2.05) is 48.5 Å². The minimum absolute atomic E-state index is 0.00539. The molecule has 0 aliphatic carbocycles. The van der Waals surface area contributed by atoms with Gasteiger partial charge >= 0.3 is 0 Å². The maximum absolute atomic E-state index is 11.8. The van der Waals surface area contributed by atoms with E-state index in [2.05, 4.69) is 5.32 Å². The molecule has 0 atom stereocenters. The predicted octanol–water partition coefficient (Wildman–Crippen LogP) is 2.54. The lowest BCUT2D eigenvalue weighted by Crippen LogP contribution is -2.28. The van der Waals surface area contributed by atoms with Crippen molar-refractivity contribution < 1.29 is 19.0 Å². The average molecular weight is 313 g/mol. The van der Waals surface area contributed by atoms with E-state index >= 15 is 0 Å². The molecule has 2 aromatic carbocycles. The second kappa shape index (κ2) is 7.54. The first-order valence-corrected chi connectivity index (χ1v) is 7.64. The van der Waals surface area contributed by atoms with Crippen LogP contribution < -0.4 is 19.5 Å². The minimum Gasteiger partial charge on any atom is -0.490 e. The zero-order valence-electron chi connectivity index (χ0n) is 12.8. The molecule has 0 aromatic heterocycles. The summed E-state index contributed by atoms with van der Waals surface area (Å²) in [6.45, 7) is 1.73. The van der Waals surface area contributed by atoms with E-state index < -0.39 is 0 Å². The summed E-state index contributed by atoms with van der Waals surface area (Å²) in [5, 5.41) is 2.83. The number of carbonyl (C=O) groups is 1. The molecule has 0 radical (unpaired) electrons. The highest BCUT2D eigenvalue weighted by molar-refractivity contribution is 5.77. The third-order valence-corrected chi connectivity index (χ3v) is 3.41. The Morgan fingerprint density at radius 2 is 1.83 bits per heavy atom. The van der Waals surface area contributed by atoms with Crippen LogP contribution in [-0.4, -0.2) is 25.7 Å². The molecule has 120 valence electrons. The summed E-state index contributed by atoms with van der Waals surface area (Å²) in [4.78, 5) is 11.8. The number of para-hydroxylation sites is 1. The highest BCUT2D eigenvalue weighted by atomic mass is 16.5. The first-order valence-electron chi connectivity index (χ1n) is 7.64. The van der Waals surface area contributed by atoms with Crippen LogP contribution in [-0.2, 0) is 11.3 Å². The van der Waals surface area contributed by atoms with Gasteiger partial charge in [-0.15, -0.1) is 0 Å². The number of ether oxygens (including phenoxy) is 3. The molecule has 1 amide bonds. The third kappa shape index (κ3) is 4.39. The maximum Gasteiger partial charge on any atom is 0.258 e. The van der Waals surface area contributed by atoms with Crippen LogP contribution in [0.3, 0.4) is 0 Å². The molecule has 3 rings (SSSR count). The van der Waals surface area contributed by atoms with E-state index in [0.717, 1.165) is 23.5 Å². The van der Waals surface area contributed by atoms with Crippen LogP contribution in [0.15, 0.2) is 48.5 Å². The van der Waals surface area contributed by atoms with Gasteiger partial charge in [0.1, 0.15) is 5.75 Å². The highest BCUT2D eigenvalue weighted by Gasteiger charge is 2.11. The van der Waals surface area contributed by atoms with Crippen molar-refractivity contribution in [1.82, 2.24) is 5.32 Å². The molecule has 0 bridgehead atoms. The number of carbonyl (C=O) groups excluding carboxylic acids is 1. The Morgan fingerprint density at radius 1 is 1.04 bits per heavy atom. The van der Waals surface area contributed by atoms with Gasteiger partial charge in [-0.05, 0) is 29.8 Å². The van der Waals surface area contributed by atoms with Gasteiger partial charge in [-0.1, -0.05) is 24.3 Å². The summed E-state index contributed by atoms with van der Waals surface area (Å²) >= 11 is 0. The van der Waals surface area contributed by atoms with E-state index in [9.17, 15) is 4.79 Å². The van der Waals surface area contributed by atoms with Crippen molar-refractivity contribution in [1.29, 1.82) is 0 Å².